The third kappa shape index (κ3) is 4.31. The molecule has 0 bridgehead atoms. The summed E-state index contributed by atoms with van der Waals surface area (Å²) >= 11 is 0. The quantitative estimate of drug-likeness (QED) is 0.807. The highest BCUT2D eigenvalue weighted by Crippen LogP contribution is 2.24. The lowest BCUT2D eigenvalue weighted by Gasteiger charge is -2.16. The van der Waals surface area contributed by atoms with Crippen molar-refractivity contribution in [3.05, 3.63) is 59.7 Å². The summed E-state index contributed by atoms with van der Waals surface area (Å²) in [6.45, 7) is 5.32. The number of rotatable bonds is 7. The molecule has 0 aliphatic rings. The summed E-state index contributed by atoms with van der Waals surface area (Å²) in [5.74, 6) is 1.60. The summed E-state index contributed by atoms with van der Waals surface area (Å²) in [5.41, 5.74) is 2.16. The fourth-order valence-corrected chi connectivity index (χ4v) is 2.31. The van der Waals surface area contributed by atoms with Crippen LogP contribution in [0.25, 0.3) is 0 Å². The molecular weight excluding hydrogens is 262 g/mol. The van der Waals surface area contributed by atoms with Gasteiger partial charge in [0.25, 0.3) is 0 Å². The predicted molar refractivity (Wildman–Crippen MR) is 85.6 cm³/mol. The van der Waals surface area contributed by atoms with E-state index in [1.165, 1.54) is 5.56 Å². The van der Waals surface area contributed by atoms with Crippen LogP contribution in [0.4, 0.5) is 0 Å². The van der Waals surface area contributed by atoms with Gasteiger partial charge in [0.15, 0.2) is 0 Å². The highest BCUT2D eigenvalue weighted by molar-refractivity contribution is 5.35. The molecule has 0 saturated carbocycles. The summed E-state index contributed by atoms with van der Waals surface area (Å²) in [6, 6.07) is 16.1. The van der Waals surface area contributed by atoms with E-state index < -0.39 is 0 Å². The van der Waals surface area contributed by atoms with Crippen LogP contribution in [-0.2, 0) is 6.61 Å². The molecule has 2 N–H and O–H groups in total. The van der Waals surface area contributed by atoms with Crippen LogP contribution in [0.1, 0.15) is 37.4 Å². The van der Waals surface area contributed by atoms with E-state index in [9.17, 15) is 0 Å². The van der Waals surface area contributed by atoms with E-state index in [1.54, 1.807) is 0 Å². The maximum absolute atomic E-state index is 9.02. The van der Waals surface area contributed by atoms with Crippen LogP contribution in [0.15, 0.2) is 48.5 Å². The van der Waals surface area contributed by atoms with Crippen LogP contribution in [0, 0.1) is 0 Å². The van der Waals surface area contributed by atoms with Crippen molar-refractivity contribution in [1.29, 1.82) is 0 Å². The van der Waals surface area contributed by atoms with Crippen LogP contribution >= 0.6 is 0 Å². The molecule has 0 spiro atoms. The molecule has 1 unspecified atom stereocenters. The zero-order valence-electron chi connectivity index (χ0n) is 12.7. The number of hydrogen-bond donors (Lipinski definition) is 2. The molecule has 0 aliphatic heterocycles. The van der Waals surface area contributed by atoms with E-state index in [2.05, 4.69) is 31.3 Å². The van der Waals surface area contributed by atoms with Crippen molar-refractivity contribution in [2.45, 2.75) is 32.9 Å². The van der Waals surface area contributed by atoms with Crippen LogP contribution in [-0.4, -0.2) is 11.7 Å². The minimum absolute atomic E-state index is 0.0534. The molecule has 2 rings (SSSR count). The Morgan fingerprint density at radius 3 is 2.00 bits per heavy atom. The molecule has 0 aromatic heterocycles. The summed E-state index contributed by atoms with van der Waals surface area (Å²) in [7, 11) is 0. The lowest BCUT2D eigenvalue weighted by Crippen LogP contribution is -2.19. The van der Waals surface area contributed by atoms with Gasteiger partial charge in [0.2, 0.25) is 0 Å². The van der Waals surface area contributed by atoms with Gasteiger partial charge >= 0.3 is 0 Å². The second-order valence-electron chi connectivity index (χ2n) is 4.99. The van der Waals surface area contributed by atoms with Crippen molar-refractivity contribution in [2.75, 3.05) is 6.54 Å². The van der Waals surface area contributed by atoms with Crippen molar-refractivity contribution < 1.29 is 9.84 Å². The maximum atomic E-state index is 9.02. The molecule has 3 nitrogen and oxygen atoms in total. The van der Waals surface area contributed by atoms with Gasteiger partial charge in [-0.2, -0.15) is 0 Å². The molecule has 21 heavy (non-hydrogen) atoms. The van der Waals surface area contributed by atoms with Gasteiger partial charge in [-0.25, -0.2) is 0 Å². The molecule has 3 heteroatoms. The molecule has 2 aromatic carbocycles. The Morgan fingerprint density at radius 1 is 0.952 bits per heavy atom. The van der Waals surface area contributed by atoms with Crippen molar-refractivity contribution in [2.24, 2.45) is 0 Å². The van der Waals surface area contributed by atoms with Crippen molar-refractivity contribution in [3.8, 4) is 11.5 Å². The van der Waals surface area contributed by atoms with E-state index in [0.29, 0.717) is 6.04 Å². The number of nitrogens with one attached hydrogen (secondary N) is 1. The molecule has 2 aromatic rings. The zero-order valence-corrected chi connectivity index (χ0v) is 12.7. The van der Waals surface area contributed by atoms with E-state index in [1.807, 2.05) is 36.4 Å². The van der Waals surface area contributed by atoms with Gasteiger partial charge in [0.05, 0.1) is 6.61 Å². The van der Waals surface area contributed by atoms with Crippen molar-refractivity contribution >= 4 is 0 Å². The first kappa shape index (κ1) is 15.5. The lowest BCUT2D eigenvalue weighted by atomic mass is 10.0. The van der Waals surface area contributed by atoms with Gasteiger partial charge in [0, 0.05) is 6.04 Å². The minimum Gasteiger partial charge on any atom is -0.457 e. The van der Waals surface area contributed by atoms with Crippen LogP contribution in [0.5, 0.6) is 11.5 Å². The number of benzene rings is 2. The predicted octanol–water partition coefficient (Wildman–Crippen LogP) is 4.03. The van der Waals surface area contributed by atoms with Gasteiger partial charge < -0.3 is 15.2 Å². The third-order valence-corrected chi connectivity index (χ3v) is 3.48. The molecule has 0 heterocycles. The lowest BCUT2D eigenvalue weighted by molar-refractivity contribution is 0.281. The fourth-order valence-electron chi connectivity index (χ4n) is 2.31. The van der Waals surface area contributed by atoms with E-state index in [4.69, 9.17) is 9.84 Å². The first-order valence-electron chi connectivity index (χ1n) is 7.47. The van der Waals surface area contributed by atoms with Crippen LogP contribution < -0.4 is 10.1 Å². The van der Waals surface area contributed by atoms with E-state index in [0.717, 1.165) is 30.0 Å². The van der Waals surface area contributed by atoms with Gasteiger partial charge in [-0.15, -0.1) is 0 Å². The molecule has 112 valence electrons. The highest BCUT2D eigenvalue weighted by atomic mass is 16.5. The Labute approximate surface area is 126 Å². The Balaban J connectivity index is 2.04. The highest BCUT2D eigenvalue weighted by Gasteiger charge is 2.07. The molecular formula is C18H23NO2. The minimum atomic E-state index is 0.0534. The monoisotopic (exact) mass is 285 g/mol. The molecule has 0 saturated heterocycles. The average Bonchev–Trinajstić information content (AvgIpc) is 2.54. The summed E-state index contributed by atoms with van der Waals surface area (Å²) in [5, 5.41) is 12.5. The summed E-state index contributed by atoms with van der Waals surface area (Å²) in [4.78, 5) is 0. The molecule has 0 amide bonds. The molecule has 1 atom stereocenters. The van der Waals surface area contributed by atoms with Gasteiger partial charge in [-0.1, -0.05) is 38.1 Å². The first-order valence-corrected chi connectivity index (χ1v) is 7.47. The van der Waals surface area contributed by atoms with Gasteiger partial charge in [-0.05, 0) is 48.4 Å². The van der Waals surface area contributed by atoms with Crippen molar-refractivity contribution in [1.82, 2.24) is 5.32 Å². The standard InChI is InChI=1S/C18H23NO2/c1-3-18(19-4-2)15-7-11-17(12-8-15)21-16-9-5-14(13-20)6-10-16/h5-12,18-20H,3-4,13H2,1-2H3. The Morgan fingerprint density at radius 2 is 1.52 bits per heavy atom. The molecule has 0 aliphatic carbocycles. The zero-order chi connectivity index (χ0) is 15.1. The number of hydrogen-bond acceptors (Lipinski definition) is 3. The summed E-state index contributed by atoms with van der Waals surface area (Å²) in [6.07, 6.45) is 1.07. The van der Waals surface area contributed by atoms with E-state index in [-0.39, 0.29) is 6.61 Å². The van der Waals surface area contributed by atoms with Crippen LogP contribution in [0.2, 0.25) is 0 Å². The fraction of sp³-hybridized carbons (Fsp3) is 0.333. The van der Waals surface area contributed by atoms with Gasteiger partial charge in [0.1, 0.15) is 11.5 Å². The van der Waals surface area contributed by atoms with E-state index >= 15 is 0 Å². The van der Waals surface area contributed by atoms with Crippen molar-refractivity contribution in [3.63, 3.8) is 0 Å². The first-order chi connectivity index (χ1) is 10.3. The number of aliphatic hydroxyl groups excluding tert-OH is 1. The largest absolute Gasteiger partial charge is 0.457 e. The SMILES string of the molecule is CCNC(CC)c1ccc(Oc2ccc(CO)cc2)cc1. The normalized spacial score (nSPS) is 12.1. The second kappa shape index (κ2) is 7.81. The molecule has 0 fully saturated rings. The smallest absolute Gasteiger partial charge is 0.127 e. The Hall–Kier alpha value is -1.84. The molecule has 0 radical (unpaired) electrons. The number of ether oxygens (including phenoxy) is 1. The summed E-state index contributed by atoms with van der Waals surface area (Å²) < 4.78 is 5.80. The van der Waals surface area contributed by atoms with Crippen LogP contribution in [0.3, 0.4) is 0 Å². The number of aliphatic hydroxyl groups is 1. The second-order valence-corrected chi connectivity index (χ2v) is 4.99. The Kier molecular flexibility index (Phi) is 5.78. The average molecular weight is 285 g/mol. The topological polar surface area (TPSA) is 41.5 Å². The Bertz CT molecular complexity index is 534. The maximum Gasteiger partial charge on any atom is 0.127 e. The van der Waals surface area contributed by atoms with Gasteiger partial charge in [-0.3, -0.25) is 0 Å². The third-order valence-electron chi connectivity index (χ3n) is 3.48.